The van der Waals surface area contributed by atoms with E-state index in [2.05, 4.69) is 10.3 Å². The summed E-state index contributed by atoms with van der Waals surface area (Å²) >= 11 is 0. The Balaban J connectivity index is 2.05. The van der Waals surface area contributed by atoms with E-state index >= 15 is 0 Å². The summed E-state index contributed by atoms with van der Waals surface area (Å²) in [5.41, 5.74) is 1.37. The number of ether oxygens (including phenoxy) is 1. The fraction of sp³-hybridized carbons (Fsp3) is 0.312. The van der Waals surface area contributed by atoms with Gasteiger partial charge in [-0.15, -0.1) is 0 Å². The van der Waals surface area contributed by atoms with Crippen LogP contribution < -0.4 is 10.1 Å². The lowest BCUT2D eigenvalue weighted by atomic mass is 9.83. The molecule has 1 amide bonds. The van der Waals surface area contributed by atoms with E-state index in [-0.39, 0.29) is 5.91 Å². The van der Waals surface area contributed by atoms with E-state index in [1.165, 1.54) is 0 Å². The number of hydrogen-bond donors (Lipinski definition) is 2. The van der Waals surface area contributed by atoms with Gasteiger partial charge in [0.15, 0.2) is 0 Å². The van der Waals surface area contributed by atoms with Crippen LogP contribution >= 0.6 is 0 Å². The van der Waals surface area contributed by atoms with Gasteiger partial charge in [0.25, 0.3) is 0 Å². The number of aromatic amines is 1. The summed E-state index contributed by atoms with van der Waals surface area (Å²) in [5.74, 6) is 0.786. The maximum atomic E-state index is 12.4. The van der Waals surface area contributed by atoms with Crippen molar-refractivity contribution in [1.29, 1.82) is 0 Å². The molecule has 0 saturated carbocycles. The molecule has 0 aliphatic carbocycles. The van der Waals surface area contributed by atoms with Gasteiger partial charge >= 0.3 is 0 Å². The van der Waals surface area contributed by atoms with E-state index in [0.717, 1.165) is 17.0 Å². The van der Waals surface area contributed by atoms with Crippen LogP contribution in [0.3, 0.4) is 0 Å². The highest BCUT2D eigenvalue weighted by molar-refractivity contribution is 5.87. The molecular weight excluding hydrogens is 252 g/mol. The number of aromatic nitrogens is 1. The molecule has 0 aliphatic rings. The molecule has 0 spiro atoms. The number of hydrogen-bond acceptors (Lipinski definition) is 2. The van der Waals surface area contributed by atoms with Crippen LogP contribution in [0.15, 0.2) is 42.6 Å². The van der Waals surface area contributed by atoms with Crippen molar-refractivity contribution in [3.63, 3.8) is 0 Å². The first-order valence-electron chi connectivity index (χ1n) is 6.59. The second-order valence-electron chi connectivity index (χ2n) is 5.23. The Morgan fingerprint density at radius 3 is 2.50 bits per heavy atom. The third-order valence-corrected chi connectivity index (χ3v) is 3.48. The van der Waals surface area contributed by atoms with Gasteiger partial charge in [-0.25, -0.2) is 0 Å². The number of amides is 1. The lowest BCUT2D eigenvalue weighted by Gasteiger charge is -2.24. The van der Waals surface area contributed by atoms with Gasteiger partial charge in [-0.1, -0.05) is 12.1 Å². The standard InChI is InChI=1S/C16H20N2O2/c1-16(2,12-6-8-14(20-3)9-7-12)15(19)18-11-13-5-4-10-17-13/h4-10,17H,11H2,1-3H3,(H,18,19). The van der Waals surface area contributed by atoms with Crippen molar-refractivity contribution < 1.29 is 9.53 Å². The molecule has 106 valence electrons. The molecular formula is C16H20N2O2. The van der Waals surface area contributed by atoms with Crippen LogP contribution in [0.1, 0.15) is 25.1 Å². The molecule has 4 nitrogen and oxygen atoms in total. The van der Waals surface area contributed by atoms with Crippen LogP contribution in [-0.2, 0) is 16.8 Å². The highest BCUT2D eigenvalue weighted by Crippen LogP contribution is 2.25. The maximum Gasteiger partial charge on any atom is 0.230 e. The summed E-state index contributed by atoms with van der Waals surface area (Å²) in [5, 5.41) is 2.95. The fourth-order valence-electron chi connectivity index (χ4n) is 2.01. The fourth-order valence-corrected chi connectivity index (χ4v) is 2.01. The molecule has 0 unspecified atom stereocenters. The van der Waals surface area contributed by atoms with Crippen LogP contribution in [0.4, 0.5) is 0 Å². The van der Waals surface area contributed by atoms with Crippen LogP contribution in [0.25, 0.3) is 0 Å². The van der Waals surface area contributed by atoms with Gasteiger partial charge in [0, 0.05) is 11.9 Å². The normalized spacial score (nSPS) is 11.2. The minimum atomic E-state index is -0.584. The zero-order chi connectivity index (χ0) is 14.6. The Bertz CT molecular complexity index is 557. The van der Waals surface area contributed by atoms with Crippen LogP contribution in [-0.4, -0.2) is 18.0 Å². The number of methoxy groups -OCH3 is 1. The molecule has 0 aliphatic heterocycles. The number of benzene rings is 1. The van der Waals surface area contributed by atoms with E-state index in [4.69, 9.17) is 4.74 Å². The minimum absolute atomic E-state index is 0.00253. The molecule has 0 bridgehead atoms. The summed E-state index contributed by atoms with van der Waals surface area (Å²) in [6.07, 6.45) is 1.84. The van der Waals surface area contributed by atoms with Crippen molar-refractivity contribution in [1.82, 2.24) is 10.3 Å². The van der Waals surface area contributed by atoms with E-state index < -0.39 is 5.41 Å². The molecule has 0 fully saturated rings. The van der Waals surface area contributed by atoms with E-state index in [9.17, 15) is 4.79 Å². The summed E-state index contributed by atoms with van der Waals surface area (Å²) in [6, 6.07) is 11.4. The van der Waals surface area contributed by atoms with Gasteiger partial charge in [0.1, 0.15) is 5.75 Å². The summed E-state index contributed by atoms with van der Waals surface area (Å²) in [4.78, 5) is 15.4. The number of H-pyrrole nitrogens is 1. The Labute approximate surface area is 119 Å². The van der Waals surface area contributed by atoms with Gasteiger partial charge in [0.05, 0.1) is 19.1 Å². The molecule has 0 radical (unpaired) electrons. The molecule has 0 saturated heterocycles. The highest BCUT2D eigenvalue weighted by Gasteiger charge is 2.29. The Morgan fingerprint density at radius 1 is 1.25 bits per heavy atom. The molecule has 1 heterocycles. The summed E-state index contributed by atoms with van der Waals surface area (Å²) in [7, 11) is 1.63. The minimum Gasteiger partial charge on any atom is -0.497 e. The van der Waals surface area contributed by atoms with Crippen molar-refractivity contribution in [3.05, 3.63) is 53.9 Å². The number of rotatable bonds is 5. The molecule has 2 rings (SSSR count). The topological polar surface area (TPSA) is 54.1 Å². The number of carbonyl (C=O) groups excluding carboxylic acids is 1. The number of nitrogens with one attached hydrogen (secondary N) is 2. The molecule has 20 heavy (non-hydrogen) atoms. The van der Waals surface area contributed by atoms with E-state index in [1.807, 2.05) is 56.4 Å². The van der Waals surface area contributed by atoms with Gasteiger partial charge < -0.3 is 15.0 Å². The predicted molar refractivity (Wildman–Crippen MR) is 78.7 cm³/mol. The zero-order valence-corrected chi connectivity index (χ0v) is 12.1. The van der Waals surface area contributed by atoms with Gasteiger partial charge in [0.2, 0.25) is 5.91 Å². The van der Waals surface area contributed by atoms with Crippen molar-refractivity contribution in [2.45, 2.75) is 25.8 Å². The van der Waals surface area contributed by atoms with Gasteiger partial charge in [-0.05, 0) is 43.7 Å². The molecule has 2 aromatic rings. The van der Waals surface area contributed by atoms with Crippen LogP contribution in [0, 0.1) is 0 Å². The predicted octanol–water partition coefficient (Wildman–Crippen LogP) is 2.62. The smallest absolute Gasteiger partial charge is 0.230 e. The second-order valence-corrected chi connectivity index (χ2v) is 5.23. The lowest BCUT2D eigenvalue weighted by molar-refractivity contribution is -0.125. The van der Waals surface area contributed by atoms with E-state index in [0.29, 0.717) is 6.54 Å². The van der Waals surface area contributed by atoms with Crippen molar-refractivity contribution in [2.75, 3.05) is 7.11 Å². The molecule has 1 aromatic heterocycles. The Morgan fingerprint density at radius 2 is 1.95 bits per heavy atom. The van der Waals surface area contributed by atoms with Gasteiger partial charge in [-0.3, -0.25) is 4.79 Å². The first-order chi connectivity index (χ1) is 9.54. The second kappa shape index (κ2) is 5.82. The number of carbonyl (C=O) groups is 1. The van der Waals surface area contributed by atoms with Crippen molar-refractivity contribution in [2.24, 2.45) is 0 Å². The van der Waals surface area contributed by atoms with E-state index in [1.54, 1.807) is 7.11 Å². The molecule has 1 aromatic carbocycles. The largest absolute Gasteiger partial charge is 0.497 e. The summed E-state index contributed by atoms with van der Waals surface area (Å²) in [6.45, 7) is 4.34. The Kier molecular flexibility index (Phi) is 4.13. The maximum absolute atomic E-state index is 12.4. The van der Waals surface area contributed by atoms with Crippen molar-refractivity contribution >= 4 is 5.91 Å². The monoisotopic (exact) mass is 272 g/mol. The summed E-state index contributed by atoms with van der Waals surface area (Å²) < 4.78 is 5.13. The third kappa shape index (κ3) is 3.02. The quantitative estimate of drug-likeness (QED) is 0.879. The first-order valence-corrected chi connectivity index (χ1v) is 6.59. The molecule has 0 atom stereocenters. The third-order valence-electron chi connectivity index (χ3n) is 3.48. The van der Waals surface area contributed by atoms with Gasteiger partial charge in [-0.2, -0.15) is 0 Å². The van der Waals surface area contributed by atoms with Crippen molar-refractivity contribution in [3.8, 4) is 5.75 Å². The highest BCUT2D eigenvalue weighted by atomic mass is 16.5. The Hall–Kier alpha value is -2.23. The lowest BCUT2D eigenvalue weighted by Crippen LogP contribution is -2.39. The van der Waals surface area contributed by atoms with Crippen LogP contribution in [0.5, 0.6) is 5.75 Å². The SMILES string of the molecule is COc1ccc(C(C)(C)C(=O)NCc2ccc[nH]2)cc1. The average Bonchev–Trinajstić information content (AvgIpc) is 2.98. The average molecular weight is 272 g/mol. The first kappa shape index (κ1) is 14.2. The molecule has 4 heteroatoms. The zero-order valence-electron chi connectivity index (χ0n) is 12.1. The van der Waals surface area contributed by atoms with Crippen LogP contribution in [0.2, 0.25) is 0 Å². The molecule has 2 N–H and O–H groups in total.